The summed E-state index contributed by atoms with van der Waals surface area (Å²) in [5.74, 6) is 0. The van der Waals surface area contributed by atoms with E-state index in [2.05, 4.69) is 15.2 Å². The summed E-state index contributed by atoms with van der Waals surface area (Å²) >= 11 is 1.36. The van der Waals surface area contributed by atoms with Crippen molar-refractivity contribution in [3.63, 3.8) is 0 Å². The first kappa shape index (κ1) is 13.1. The number of rotatable bonds is 3. The van der Waals surface area contributed by atoms with Crippen LogP contribution in [0.5, 0.6) is 0 Å². The first-order chi connectivity index (χ1) is 9.69. The average molecular weight is 286 g/mol. The topological polar surface area (TPSA) is 77.8 Å². The van der Waals surface area contributed by atoms with Crippen molar-refractivity contribution in [1.82, 2.24) is 15.2 Å². The van der Waals surface area contributed by atoms with Crippen molar-refractivity contribution in [2.24, 2.45) is 5.73 Å². The Morgan fingerprint density at radius 1 is 1.20 bits per heavy atom. The van der Waals surface area contributed by atoms with Crippen molar-refractivity contribution in [1.29, 1.82) is 0 Å². The molecule has 6 heteroatoms. The molecule has 0 saturated heterocycles. The van der Waals surface area contributed by atoms with Crippen LogP contribution in [0.4, 0.5) is 0 Å². The fourth-order valence-corrected chi connectivity index (χ4v) is 2.82. The zero-order valence-electron chi connectivity index (χ0n) is 11.3. The van der Waals surface area contributed by atoms with Crippen LogP contribution in [-0.2, 0) is 6.54 Å². The number of fused-ring (bicyclic) bond motifs is 1. The van der Waals surface area contributed by atoms with E-state index < -0.39 is 0 Å². The van der Waals surface area contributed by atoms with Crippen molar-refractivity contribution < 1.29 is 4.42 Å². The molecule has 0 aliphatic carbocycles. The number of benzene rings is 1. The van der Waals surface area contributed by atoms with Crippen LogP contribution >= 0.6 is 11.8 Å². The molecule has 0 saturated carbocycles. The molecule has 0 atom stereocenters. The normalized spacial score (nSPS) is 11.2. The molecule has 0 radical (unpaired) electrons. The molecule has 2 heterocycles. The number of nitrogens with zero attached hydrogens (tertiary/aromatic N) is 3. The van der Waals surface area contributed by atoms with Crippen LogP contribution in [0.1, 0.15) is 16.8 Å². The van der Waals surface area contributed by atoms with E-state index >= 15 is 0 Å². The van der Waals surface area contributed by atoms with Gasteiger partial charge in [-0.15, -0.1) is 5.10 Å². The predicted octanol–water partition coefficient (Wildman–Crippen LogP) is 2.84. The lowest BCUT2D eigenvalue weighted by molar-refractivity contribution is 0.489. The summed E-state index contributed by atoms with van der Waals surface area (Å²) < 4.78 is 5.68. The van der Waals surface area contributed by atoms with E-state index in [1.807, 2.05) is 38.1 Å². The molecule has 0 aliphatic heterocycles. The molecule has 0 amide bonds. The van der Waals surface area contributed by atoms with Crippen LogP contribution in [0.15, 0.2) is 38.9 Å². The van der Waals surface area contributed by atoms with Gasteiger partial charge in [0.1, 0.15) is 10.5 Å². The van der Waals surface area contributed by atoms with Crippen molar-refractivity contribution in [3.05, 3.63) is 41.1 Å². The molecule has 102 valence electrons. The molecular formula is C14H14N4OS. The third kappa shape index (κ3) is 2.28. The number of nitrogens with two attached hydrogens (primary N) is 1. The summed E-state index contributed by atoms with van der Waals surface area (Å²) in [5, 5.41) is 9.66. The van der Waals surface area contributed by atoms with E-state index in [9.17, 15) is 0 Å². The molecule has 0 unspecified atom stereocenters. The van der Waals surface area contributed by atoms with E-state index in [4.69, 9.17) is 10.2 Å². The number of para-hydroxylation sites is 2. The highest BCUT2D eigenvalue weighted by atomic mass is 32.2. The molecule has 3 aromatic rings. The van der Waals surface area contributed by atoms with Gasteiger partial charge in [0.05, 0.1) is 5.69 Å². The zero-order valence-corrected chi connectivity index (χ0v) is 12.1. The Morgan fingerprint density at radius 3 is 2.75 bits per heavy atom. The number of oxazole rings is 1. The summed E-state index contributed by atoms with van der Waals surface area (Å²) in [6, 6.07) is 7.66. The lowest BCUT2D eigenvalue weighted by atomic mass is 10.1. The van der Waals surface area contributed by atoms with E-state index in [0.29, 0.717) is 11.8 Å². The van der Waals surface area contributed by atoms with E-state index in [0.717, 1.165) is 32.9 Å². The fraction of sp³-hybridized carbons (Fsp3) is 0.214. The van der Waals surface area contributed by atoms with Crippen molar-refractivity contribution in [2.45, 2.75) is 30.6 Å². The van der Waals surface area contributed by atoms with Crippen molar-refractivity contribution >= 4 is 22.9 Å². The summed E-state index contributed by atoms with van der Waals surface area (Å²) in [7, 11) is 0. The van der Waals surface area contributed by atoms with Gasteiger partial charge in [-0.3, -0.25) is 0 Å². The number of hydrogen-bond acceptors (Lipinski definition) is 6. The third-order valence-electron chi connectivity index (χ3n) is 3.21. The second-order valence-corrected chi connectivity index (χ2v) is 5.39. The second-order valence-electron chi connectivity index (χ2n) is 4.45. The van der Waals surface area contributed by atoms with Gasteiger partial charge in [0, 0.05) is 12.1 Å². The van der Waals surface area contributed by atoms with Crippen molar-refractivity contribution in [2.75, 3.05) is 0 Å². The molecular weight excluding hydrogens is 272 g/mol. The van der Waals surface area contributed by atoms with Crippen LogP contribution in [0.3, 0.4) is 0 Å². The third-order valence-corrected chi connectivity index (χ3v) is 4.08. The van der Waals surface area contributed by atoms with Crippen LogP contribution in [0.2, 0.25) is 0 Å². The summed E-state index contributed by atoms with van der Waals surface area (Å²) in [4.78, 5) is 4.42. The molecule has 0 aliphatic rings. The predicted molar refractivity (Wildman–Crippen MR) is 77.5 cm³/mol. The Hall–Kier alpha value is -1.92. The van der Waals surface area contributed by atoms with Gasteiger partial charge in [-0.25, -0.2) is 4.98 Å². The van der Waals surface area contributed by atoms with Gasteiger partial charge in [-0.2, -0.15) is 5.10 Å². The minimum Gasteiger partial charge on any atom is -0.431 e. The zero-order chi connectivity index (χ0) is 14.1. The number of hydrogen-bond donors (Lipinski definition) is 1. The summed E-state index contributed by atoms with van der Waals surface area (Å²) in [6.45, 7) is 4.35. The van der Waals surface area contributed by atoms with Gasteiger partial charge in [0.15, 0.2) is 5.58 Å². The molecule has 2 N–H and O–H groups in total. The van der Waals surface area contributed by atoms with Crippen LogP contribution in [-0.4, -0.2) is 15.2 Å². The highest BCUT2D eigenvalue weighted by Crippen LogP contribution is 2.31. The molecule has 20 heavy (non-hydrogen) atoms. The SMILES string of the molecule is Cc1nnc(Sc2nc3ccccc3o2)c(CN)c1C. The molecule has 3 rings (SSSR count). The van der Waals surface area contributed by atoms with Gasteiger partial charge in [-0.05, 0) is 43.3 Å². The molecule has 1 aromatic carbocycles. The maximum atomic E-state index is 5.82. The van der Waals surface area contributed by atoms with Crippen molar-refractivity contribution in [3.8, 4) is 0 Å². The fourth-order valence-electron chi connectivity index (χ4n) is 1.93. The summed E-state index contributed by atoms with van der Waals surface area (Å²) in [5.41, 5.74) is 10.4. The maximum absolute atomic E-state index is 5.82. The lowest BCUT2D eigenvalue weighted by Crippen LogP contribution is -2.06. The van der Waals surface area contributed by atoms with Gasteiger partial charge < -0.3 is 10.2 Å². The number of aryl methyl sites for hydroxylation is 1. The Labute approximate surface area is 120 Å². The van der Waals surface area contributed by atoms with E-state index in [-0.39, 0.29) is 0 Å². The minimum absolute atomic E-state index is 0.421. The second kappa shape index (κ2) is 5.22. The van der Waals surface area contributed by atoms with Gasteiger partial charge >= 0.3 is 0 Å². The van der Waals surface area contributed by atoms with Crippen LogP contribution in [0, 0.1) is 13.8 Å². The molecule has 0 bridgehead atoms. The Morgan fingerprint density at radius 2 is 2.00 bits per heavy atom. The average Bonchev–Trinajstić information content (AvgIpc) is 2.85. The van der Waals surface area contributed by atoms with E-state index in [1.54, 1.807) is 0 Å². The largest absolute Gasteiger partial charge is 0.431 e. The lowest BCUT2D eigenvalue weighted by Gasteiger charge is -2.08. The van der Waals surface area contributed by atoms with Gasteiger partial charge in [0.25, 0.3) is 5.22 Å². The molecule has 5 nitrogen and oxygen atoms in total. The molecule has 2 aromatic heterocycles. The summed E-state index contributed by atoms with van der Waals surface area (Å²) in [6.07, 6.45) is 0. The molecule has 0 fully saturated rings. The first-order valence-electron chi connectivity index (χ1n) is 6.25. The minimum atomic E-state index is 0.421. The number of aromatic nitrogens is 3. The van der Waals surface area contributed by atoms with Gasteiger partial charge in [0.2, 0.25) is 0 Å². The Balaban J connectivity index is 2.00. The monoisotopic (exact) mass is 286 g/mol. The van der Waals surface area contributed by atoms with E-state index in [1.165, 1.54) is 11.8 Å². The highest BCUT2D eigenvalue weighted by molar-refractivity contribution is 7.99. The standard InChI is InChI=1S/C14H14N4OS/c1-8-9(2)17-18-13(10(8)7-15)20-14-16-11-5-3-4-6-12(11)19-14/h3-6H,7,15H2,1-2H3. The smallest absolute Gasteiger partial charge is 0.263 e. The highest BCUT2D eigenvalue weighted by Gasteiger charge is 2.14. The first-order valence-corrected chi connectivity index (χ1v) is 7.07. The quantitative estimate of drug-likeness (QED) is 0.797. The Bertz CT molecular complexity index is 736. The Kier molecular flexibility index (Phi) is 3.42. The van der Waals surface area contributed by atoms with Gasteiger partial charge in [-0.1, -0.05) is 12.1 Å². The van der Waals surface area contributed by atoms with Crippen LogP contribution in [0.25, 0.3) is 11.1 Å². The maximum Gasteiger partial charge on any atom is 0.263 e. The molecule has 0 spiro atoms. The van der Waals surface area contributed by atoms with Crippen LogP contribution < -0.4 is 5.73 Å².